The van der Waals surface area contributed by atoms with Crippen LogP contribution in [0.5, 0.6) is 0 Å². The Bertz CT molecular complexity index is 1020. The first-order valence-electron chi connectivity index (χ1n) is 9.69. The largest absolute Gasteiger partial charge is 0.369 e. The van der Waals surface area contributed by atoms with Crippen LogP contribution in [-0.4, -0.2) is 59.9 Å². The van der Waals surface area contributed by atoms with E-state index in [-0.39, 0.29) is 12.5 Å². The molecule has 30 heavy (non-hydrogen) atoms. The molecule has 0 aliphatic rings. The molecule has 158 valence electrons. The first-order chi connectivity index (χ1) is 14.3. The number of rotatable bonds is 8. The smallest absolute Gasteiger partial charge is 0.254 e. The molecule has 0 unspecified atom stereocenters. The summed E-state index contributed by atoms with van der Waals surface area (Å²) in [6, 6.07) is 12.7. The topological polar surface area (TPSA) is 61.4 Å². The Morgan fingerprint density at radius 3 is 2.43 bits per heavy atom. The molecule has 0 aliphatic carbocycles. The molecule has 1 aromatic heterocycles. The first-order valence-corrected chi connectivity index (χ1v) is 10.4. The third-order valence-corrected chi connectivity index (χ3v) is 5.00. The fourth-order valence-corrected chi connectivity index (χ4v) is 3.64. The van der Waals surface area contributed by atoms with Crippen LogP contribution in [0.4, 0.5) is 5.82 Å². The van der Waals surface area contributed by atoms with Gasteiger partial charge in [-0.3, -0.25) is 4.79 Å². The maximum Gasteiger partial charge on any atom is 0.254 e. The molecule has 3 aromatic rings. The second kappa shape index (κ2) is 10.1. The third kappa shape index (κ3) is 5.81. The highest BCUT2D eigenvalue weighted by atomic mass is 35.5. The maximum absolute atomic E-state index is 12.8. The Labute approximate surface area is 186 Å². The van der Waals surface area contributed by atoms with Crippen molar-refractivity contribution in [1.82, 2.24) is 19.8 Å². The average molecular weight is 446 g/mol. The summed E-state index contributed by atoms with van der Waals surface area (Å²) < 4.78 is 0. The van der Waals surface area contributed by atoms with E-state index in [1.807, 2.05) is 24.3 Å². The van der Waals surface area contributed by atoms with Crippen LogP contribution in [0, 0.1) is 0 Å². The summed E-state index contributed by atoms with van der Waals surface area (Å²) in [5.74, 6) is 1.14. The van der Waals surface area contributed by atoms with Crippen LogP contribution in [-0.2, 0) is 6.54 Å². The van der Waals surface area contributed by atoms with Crippen molar-refractivity contribution in [3.05, 3.63) is 63.9 Å². The van der Waals surface area contributed by atoms with Crippen molar-refractivity contribution in [3.63, 3.8) is 0 Å². The van der Waals surface area contributed by atoms with Crippen LogP contribution in [0.1, 0.15) is 22.6 Å². The van der Waals surface area contributed by atoms with Gasteiger partial charge in [0.2, 0.25) is 0 Å². The van der Waals surface area contributed by atoms with E-state index in [1.54, 1.807) is 30.1 Å². The lowest BCUT2D eigenvalue weighted by Crippen LogP contribution is -2.27. The molecule has 8 heteroatoms. The Hall–Kier alpha value is -2.41. The van der Waals surface area contributed by atoms with Gasteiger partial charge in [0.1, 0.15) is 5.82 Å². The number of hydrogen-bond donors (Lipinski definition) is 1. The normalized spacial score (nSPS) is 11.1. The summed E-state index contributed by atoms with van der Waals surface area (Å²) in [5.41, 5.74) is 1.27. The van der Waals surface area contributed by atoms with Crippen LogP contribution in [0.25, 0.3) is 10.9 Å². The van der Waals surface area contributed by atoms with Gasteiger partial charge in [-0.25, -0.2) is 9.97 Å². The summed E-state index contributed by atoms with van der Waals surface area (Å²) in [4.78, 5) is 25.8. The lowest BCUT2D eigenvalue weighted by molar-refractivity contribution is 0.0781. The number of aromatic nitrogens is 2. The number of carbonyl (C=O) groups is 1. The highest BCUT2D eigenvalue weighted by molar-refractivity contribution is 6.35. The number of amides is 1. The molecule has 0 radical (unpaired) electrons. The van der Waals surface area contributed by atoms with Gasteiger partial charge in [0.25, 0.3) is 5.91 Å². The minimum absolute atomic E-state index is 0.198. The predicted octanol–water partition coefficient (Wildman–Crippen LogP) is 4.57. The zero-order chi connectivity index (χ0) is 21.7. The molecule has 2 aromatic carbocycles. The Kier molecular flexibility index (Phi) is 7.48. The highest BCUT2D eigenvalue weighted by Gasteiger charge is 2.16. The van der Waals surface area contributed by atoms with Crippen molar-refractivity contribution >= 4 is 45.8 Å². The molecule has 0 bridgehead atoms. The Morgan fingerprint density at radius 1 is 1.03 bits per heavy atom. The standard InChI is InChI=1S/C22H25Cl2N5O/c1-28(2)10-6-9-25-21-18-7-4-5-8-19(18)26-20(27-21)14-29(3)22(30)15-11-16(23)13-17(24)12-15/h4-5,7-8,11-13H,6,9-10,14H2,1-3H3,(H,25,26,27). The van der Waals surface area contributed by atoms with Crippen molar-refractivity contribution in [2.24, 2.45) is 0 Å². The van der Waals surface area contributed by atoms with E-state index in [1.165, 1.54) is 0 Å². The fraction of sp³-hybridized carbons (Fsp3) is 0.318. The monoisotopic (exact) mass is 445 g/mol. The molecule has 0 saturated carbocycles. The van der Waals surface area contributed by atoms with Gasteiger partial charge in [-0.2, -0.15) is 0 Å². The zero-order valence-electron chi connectivity index (χ0n) is 17.3. The lowest BCUT2D eigenvalue weighted by Gasteiger charge is -2.18. The van der Waals surface area contributed by atoms with Crippen LogP contribution in [0.2, 0.25) is 10.0 Å². The van der Waals surface area contributed by atoms with Gasteiger partial charge in [-0.15, -0.1) is 0 Å². The molecular formula is C22H25Cl2N5O. The van der Waals surface area contributed by atoms with Crippen LogP contribution in [0.15, 0.2) is 42.5 Å². The van der Waals surface area contributed by atoms with Crippen molar-refractivity contribution in [2.45, 2.75) is 13.0 Å². The number of para-hydroxylation sites is 1. The Balaban J connectivity index is 1.80. The summed E-state index contributed by atoms with van der Waals surface area (Å²) in [5, 5.41) is 5.22. The van der Waals surface area contributed by atoms with Gasteiger partial charge in [0.05, 0.1) is 12.1 Å². The van der Waals surface area contributed by atoms with Gasteiger partial charge in [-0.1, -0.05) is 35.3 Å². The van der Waals surface area contributed by atoms with E-state index < -0.39 is 0 Å². The van der Waals surface area contributed by atoms with Crippen molar-refractivity contribution in [1.29, 1.82) is 0 Å². The predicted molar refractivity (Wildman–Crippen MR) is 123 cm³/mol. The highest BCUT2D eigenvalue weighted by Crippen LogP contribution is 2.22. The molecule has 0 fully saturated rings. The van der Waals surface area contributed by atoms with E-state index in [0.717, 1.165) is 36.2 Å². The zero-order valence-corrected chi connectivity index (χ0v) is 18.8. The van der Waals surface area contributed by atoms with Gasteiger partial charge < -0.3 is 15.1 Å². The molecule has 0 spiro atoms. The second-order valence-electron chi connectivity index (χ2n) is 7.41. The Morgan fingerprint density at radius 2 is 1.73 bits per heavy atom. The number of halogens is 2. The molecule has 1 heterocycles. The number of carbonyl (C=O) groups excluding carboxylic acids is 1. The first kappa shape index (κ1) is 22.3. The van der Waals surface area contributed by atoms with Gasteiger partial charge in [0.15, 0.2) is 5.82 Å². The van der Waals surface area contributed by atoms with Gasteiger partial charge >= 0.3 is 0 Å². The van der Waals surface area contributed by atoms with E-state index >= 15 is 0 Å². The molecule has 1 N–H and O–H groups in total. The number of nitrogens with one attached hydrogen (secondary N) is 1. The SMILES string of the molecule is CN(C)CCCNc1nc(CN(C)C(=O)c2cc(Cl)cc(Cl)c2)nc2ccccc12. The second-order valence-corrected chi connectivity index (χ2v) is 8.28. The lowest BCUT2D eigenvalue weighted by atomic mass is 10.2. The van der Waals surface area contributed by atoms with E-state index in [2.05, 4.69) is 34.3 Å². The number of fused-ring (bicyclic) bond motifs is 1. The van der Waals surface area contributed by atoms with E-state index in [9.17, 15) is 4.79 Å². The van der Waals surface area contributed by atoms with Gasteiger partial charge in [0, 0.05) is 34.6 Å². The molecule has 0 atom stereocenters. The van der Waals surface area contributed by atoms with Crippen LogP contribution in [0.3, 0.4) is 0 Å². The quantitative estimate of drug-likeness (QED) is 0.514. The molecule has 6 nitrogen and oxygen atoms in total. The average Bonchev–Trinajstić information content (AvgIpc) is 2.69. The van der Waals surface area contributed by atoms with Crippen molar-refractivity contribution in [3.8, 4) is 0 Å². The molecular weight excluding hydrogens is 421 g/mol. The summed E-state index contributed by atoms with van der Waals surface area (Å²) >= 11 is 12.1. The van der Waals surface area contributed by atoms with Crippen LogP contribution >= 0.6 is 23.2 Å². The minimum Gasteiger partial charge on any atom is -0.369 e. The third-order valence-electron chi connectivity index (χ3n) is 4.56. The number of anilines is 1. The number of hydrogen-bond acceptors (Lipinski definition) is 5. The summed E-state index contributed by atoms with van der Waals surface area (Å²) in [6.45, 7) is 2.05. The summed E-state index contributed by atoms with van der Waals surface area (Å²) in [6.07, 6.45) is 0.995. The van der Waals surface area contributed by atoms with E-state index in [4.69, 9.17) is 23.2 Å². The van der Waals surface area contributed by atoms with E-state index in [0.29, 0.717) is 21.4 Å². The fourth-order valence-electron chi connectivity index (χ4n) is 3.11. The van der Waals surface area contributed by atoms with Gasteiger partial charge in [-0.05, 0) is 57.4 Å². The number of nitrogens with zero attached hydrogens (tertiary/aromatic N) is 4. The molecule has 0 saturated heterocycles. The molecule has 0 aliphatic heterocycles. The van der Waals surface area contributed by atoms with Crippen LogP contribution < -0.4 is 5.32 Å². The summed E-state index contributed by atoms with van der Waals surface area (Å²) in [7, 11) is 5.82. The maximum atomic E-state index is 12.8. The number of benzene rings is 2. The minimum atomic E-state index is -0.198. The molecule has 1 amide bonds. The van der Waals surface area contributed by atoms with Crippen molar-refractivity contribution < 1.29 is 4.79 Å². The molecule has 3 rings (SSSR count). The van der Waals surface area contributed by atoms with Crippen molar-refractivity contribution in [2.75, 3.05) is 39.5 Å².